The van der Waals surface area contributed by atoms with Crippen molar-refractivity contribution in [1.29, 1.82) is 0 Å². The lowest BCUT2D eigenvalue weighted by atomic mass is 10.1. The Kier molecular flexibility index (Phi) is 7.60. The molecule has 2 amide bonds. The van der Waals surface area contributed by atoms with Gasteiger partial charge in [0.25, 0.3) is 5.91 Å². The molecule has 8 nitrogen and oxygen atoms in total. The van der Waals surface area contributed by atoms with Gasteiger partial charge in [-0.25, -0.2) is 8.42 Å². The van der Waals surface area contributed by atoms with E-state index in [9.17, 15) is 31.2 Å². The van der Waals surface area contributed by atoms with Crippen molar-refractivity contribution in [3.05, 3.63) is 23.8 Å². The Labute approximate surface area is 154 Å². The number of sulfonamides is 1. The molecule has 152 valence electrons. The predicted octanol–water partition coefficient (Wildman–Crippen LogP) is 1.71. The van der Waals surface area contributed by atoms with Crippen molar-refractivity contribution in [2.75, 3.05) is 29.5 Å². The third kappa shape index (κ3) is 9.24. The number of halogens is 3. The number of rotatable bonds is 8. The van der Waals surface area contributed by atoms with Gasteiger partial charge < -0.3 is 15.4 Å². The molecule has 0 heterocycles. The highest BCUT2D eigenvalue weighted by molar-refractivity contribution is 7.92. The standard InChI is InChI=1S/C15H20F3N3O5S/c1-9(7-26-8-15(16,17)18)19-14(23)12-6-11(20-10(2)22)4-5-13(12)21-27(3,24)25/h4-6,9,21H,7-8H2,1-3H3,(H,19,23)(H,20,22). The number of carbonyl (C=O) groups is 2. The van der Waals surface area contributed by atoms with E-state index in [1.807, 2.05) is 0 Å². The summed E-state index contributed by atoms with van der Waals surface area (Å²) in [7, 11) is -3.70. The quantitative estimate of drug-likeness (QED) is 0.603. The van der Waals surface area contributed by atoms with Crippen LogP contribution in [0.4, 0.5) is 24.5 Å². The largest absolute Gasteiger partial charge is 0.411 e. The molecular weight excluding hydrogens is 391 g/mol. The zero-order valence-electron chi connectivity index (χ0n) is 14.8. The van der Waals surface area contributed by atoms with Crippen molar-refractivity contribution in [2.45, 2.75) is 26.1 Å². The first-order chi connectivity index (χ1) is 12.3. The average Bonchev–Trinajstić information content (AvgIpc) is 2.45. The maximum Gasteiger partial charge on any atom is 0.411 e. The van der Waals surface area contributed by atoms with Crippen LogP contribution in [0.1, 0.15) is 24.2 Å². The Morgan fingerprint density at radius 1 is 1.26 bits per heavy atom. The van der Waals surface area contributed by atoms with Gasteiger partial charge in [-0.15, -0.1) is 0 Å². The predicted molar refractivity (Wildman–Crippen MR) is 93.0 cm³/mol. The molecule has 1 aromatic rings. The number of benzene rings is 1. The van der Waals surface area contributed by atoms with Crippen LogP contribution in [0.15, 0.2) is 18.2 Å². The number of hydrogen-bond donors (Lipinski definition) is 3. The summed E-state index contributed by atoms with van der Waals surface area (Å²) in [6, 6.07) is 3.14. The van der Waals surface area contributed by atoms with E-state index >= 15 is 0 Å². The van der Waals surface area contributed by atoms with E-state index in [2.05, 4.69) is 20.1 Å². The summed E-state index contributed by atoms with van der Waals surface area (Å²) in [4.78, 5) is 23.6. The van der Waals surface area contributed by atoms with Gasteiger partial charge in [-0.1, -0.05) is 0 Å². The molecular formula is C15H20F3N3O5S. The summed E-state index contributed by atoms with van der Waals surface area (Å²) in [6.07, 6.45) is -3.59. The van der Waals surface area contributed by atoms with Crippen molar-refractivity contribution in [2.24, 2.45) is 0 Å². The highest BCUT2D eigenvalue weighted by Crippen LogP contribution is 2.22. The molecule has 1 unspecified atom stereocenters. The van der Waals surface area contributed by atoms with Gasteiger partial charge in [0, 0.05) is 18.7 Å². The lowest BCUT2D eigenvalue weighted by molar-refractivity contribution is -0.174. The summed E-state index contributed by atoms with van der Waals surface area (Å²) in [5.74, 6) is -1.16. The Bertz CT molecular complexity index is 796. The molecule has 1 rings (SSSR count). The molecule has 0 aromatic heterocycles. The van der Waals surface area contributed by atoms with Gasteiger partial charge >= 0.3 is 6.18 Å². The van der Waals surface area contributed by atoms with E-state index < -0.39 is 47.3 Å². The lowest BCUT2D eigenvalue weighted by Gasteiger charge is -2.17. The molecule has 1 atom stereocenters. The molecule has 0 spiro atoms. The zero-order valence-corrected chi connectivity index (χ0v) is 15.6. The van der Waals surface area contributed by atoms with E-state index in [1.54, 1.807) is 0 Å². The molecule has 0 aliphatic rings. The number of carbonyl (C=O) groups excluding carboxylic acids is 2. The summed E-state index contributed by atoms with van der Waals surface area (Å²) in [5, 5.41) is 4.86. The highest BCUT2D eigenvalue weighted by Gasteiger charge is 2.28. The maximum absolute atomic E-state index is 12.4. The number of alkyl halides is 3. The van der Waals surface area contributed by atoms with Gasteiger partial charge in [0.05, 0.1) is 24.1 Å². The molecule has 0 saturated heterocycles. The van der Waals surface area contributed by atoms with Crippen LogP contribution in [-0.2, 0) is 19.6 Å². The van der Waals surface area contributed by atoms with Crippen molar-refractivity contribution in [3.8, 4) is 0 Å². The molecule has 0 aliphatic heterocycles. The third-order valence-electron chi connectivity index (χ3n) is 2.89. The number of amides is 2. The third-order valence-corrected chi connectivity index (χ3v) is 3.48. The van der Waals surface area contributed by atoms with Crippen LogP contribution in [0.2, 0.25) is 0 Å². The molecule has 1 aromatic carbocycles. The maximum atomic E-state index is 12.4. The van der Waals surface area contributed by atoms with Crippen LogP contribution in [0.25, 0.3) is 0 Å². The normalized spacial score (nSPS) is 13.0. The Morgan fingerprint density at radius 2 is 1.89 bits per heavy atom. The van der Waals surface area contributed by atoms with Gasteiger partial charge in [-0.2, -0.15) is 13.2 Å². The summed E-state index contributed by atoms with van der Waals surface area (Å²) < 4.78 is 65.8. The number of nitrogens with one attached hydrogen (secondary N) is 3. The summed E-state index contributed by atoms with van der Waals surface area (Å²) in [6.45, 7) is 0.829. The fourth-order valence-corrected chi connectivity index (χ4v) is 2.57. The fraction of sp³-hybridized carbons (Fsp3) is 0.467. The number of ether oxygens (including phenoxy) is 1. The lowest BCUT2D eigenvalue weighted by Crippen LogP contribution is -2.37. The van der Waals surface area contributed by atoms with E-state index in [0.29, 0.717) is 0 Å². The average molecular weight is 411 g/mol. The minimum absolute atomic E-state index is 0.0486. The molecule has 0 radical (unpaired) electrons. The van der Waals surface area contributed by atoms with Crippen LogP contribution in [0, 0.1) is 0 Å². The van der Waals surface area contributed by atoms with Crippen molar-refractivity contribution >= 4 is 33.2 Å². The second-order valence-electron chi connectivity index (χ2n) is 5.82. The first-order valence-corrected chi connectivity index (χ1v) is 9.51. The highest BCUT2D eigenvalue weighted by atomic mass is 32.2. The monoisotopic (exact) mass is 411 g/mol. The van der Waals surface area contributed by atoms with Gasteiger partial charge in [0.2, 0.25) is 15.9 Å². The van der Waals surface area contributed by atoms with E-state index in [1.165, 1.54) is 32.0 Å². The van der Waals surface area contributed by atoms with Crippen LogP contribution in [0.5, 0.6) is 0 Å². The minimum atomic E-state index is -4.48. The van der Waals surface area contributed by atoms with Crippen LogP contribution < -0.4 is 15.4 Å². The fourth-order valence-electron chi connectivity index (χ4n) is 2.00. The van der Waals surface area contributed by atoms with Crippen molar-refractivity contribution in [3.63, 3.8) is 0 Å². The van der Waals surface area contributed by atoms with Crippen LogP contribution in [0.3, 0.4) is 0 Å². The van der Waals surface area contributed by atoms with Crippen LogP contribution in [-0.4, -0.2) is 51.9 Å². The second-order valence-corrected chi connectivity index (χ2v) is 7.57. The molecule has 12 heteroatoms. The number of anilines is 2. The van der Waals surface area contributed by atoms with Gasteiger partial charge in [0.1, 0.15) is 6.61 Å². The molecule has 0 saturated carbocycles. The second kappa shape index (κ2) is 9.04. The number of hydrogen-bond acceptors (Lipinski definition) is 5. The molecule has 0 aliphatic carbocycles. The minimum Gasteiger partial charge on any atom is -0.370 e. The first-order valence-electron chi connectivity index (χ1n) is 7.61. The Morgan fingerprint density at radius 3 is 2.41 bits per heavy atom. The van der Waals surface area contributed by atoms with Crippen LogP contribution >= 0.6 is 0 Å². The SMILES string of the molecule is CC(=O)Nc1ccc(NS(C)(=O)=O)c(C(=O)NC(C)COCC(F)(F)F)c1. The Hall–Kier alpha value is -2.34. The van der Waals surface area contributed by atoms with Crippen molar-refractivity contribution in [1.82, 2.24) is 5.32 Å². The van der Waals surface area contributed by atoms with Gasteiger partial charge in [-0.3, -0.25) is 14.3 Å². The molecule has 0 fully saturated rings. The van der Waals surface area contributed by atoms with Gasteiger partial charge in [-0.05, 0) is 25.1 Å². The smallest absolute Gasteiger partial charge is 0.370 e. The van der Waals surface area contributed by atoms with Crippen molar-refractivity contribution < 1.29 is 35.9 Å². The molecule has 0 bridgehead atoms. The van der Waals surface area contributed by atoms with E-state index in [-0.39, 0.29) is 16.9 Å². The molecule has 27 heavy (non-hydrogen) atoms. The topological polar surface area (TPSA) is 114 Å². The first kappa shape index (κ1) is 22.7. The summed E-state index contributed by atoms with van der Waals surface area (Å²) in [5.41, 5.74) is 0.0783. The summed E-state index contributed by atoms with van der Waals surface area (Å²) >= 11 is 0. The van der Waals surface area contributed by atoms with Gasteiger partial charge in [0.15, 0.2) is 0 Å². The van der Waals surface area contributed by atoms with E-state index in [4.69, 9.17) is 0 Å². The molecule has 3 N–H and O–H groups in total. The Balaban J connectivity index is 2.95. The van der Waals surface area contributed by atoms with E-state index in [0.717, 1.165) is 6.26 Å². The zero-order chi connectivity index (χ0) is 20.8.